The van der Waals surface area contributed by atoms with E-state index < -0.39 is 0 Å². The second-order valence-corrected chi connectivity index (χ2v) is 4.22. The van der Waals surface area contributed by atoms with Crippen molar-refractivity contribution in [3.8, 4) is 0 Å². The Balaban J connectivity index is 2.89. The molecule has 1 heterocycles. The molecule has 1 amide bonds. The van der Waals surface area contributed by atoms with Crippen LogP contribution in [0.1, 0.15) is 23.8 Å². The van der Waals surface area contributed by atoms with Crippen LogP contribution in [-0.2, 0) is 0 Å². The number of rotatable bonds is 5. The largest absolute Gasteiger partial charge is 0.396 e. The predicted molar refractivity (Wildman–Crippen MR) is 67.5 cm³/mol. The van der Waals surface area contributed by atoms with Crippen molar-refractivity contribution in [3.63, 3.8) is 0 Å². The van der Waals surface area contributed by atoms with Crippen LogP contribution in [0.15, 0.2) is 12.1 Å². The number of hydrogen-bond acceptors (Lipinski definition) is 3. The molecule has 1 aromatic heterocycles. The van der Waals surface area contributed by atoms with Crippen LogP contribution in [0.3, 0.4) is 0 Å². The summed E-state index contributed by atoms with van der Waals surface area (Å²) < 4.78 is 0. The quantitative estimate of drug-likeness (QED) is 0.840. The molecule has 17 heavy (non-hydrogen) atoms. The first kappa shape index (κ1) is 14.2. The number of aliphatic hydroxyl groups excluding tert-OH is 1. The second kappa shape index (κ2) is 6.79. The molecule has 1 aromatic rings. The summed E-state index contributed by atoms with van der Waals surface area (Å²) in [6.07, 6.45) is 0.526. The molecule has 1 N–H and O–H groups in total. The van der Waals surface area contributed by atoms with Crippen molar-refractivity contribution in [2.75, 3.05) is 19.7 Å². The Morgan fingerprint density at radius 1 is 1.47 bits per heavy atom. The Morgan fingerprint density at radius 2 is 2.18 bits per heavy atom. The molecule has 0 saturated heterocycles. The van der Waals surface area contributed by atoms with Crippen LogP contribution in [0, 0.1) is 0 Å². The van der Waals surface area contributed by atoms with Gasteiger partial charge < -0.3 is 10.0 Å². The van der Waals surface area contributed by atoms with Gasteiger partial charge in [0.25, 0.3) is 5.91 Å². The number of pyridine rings is 1. The van der Waals surface area contributed by atoms with Crippen LogP contribution in [0.5, 0.6) is 0 Å². The molecule has 0 radical (unpaired) electrons. The van der Waals surface area contributed by atoms with E-state index in [1.54, 1.807) is 11.0 Å². The normalized spacial score (nSPS) is 10.4. The lowest BCUT2D eigenvalue weighted by molar-refractivity contribution is 0.0748. The molecule has 0 aliphatic carbocycles. The fourth-order valence-electron chi connectivity index (χ4n) is 1.38. The van der Waals surface area contributed by atoms with E-state index in [2.05, 4.69) is 4.98 Å². The van der Waals surface area contributed by atoms with Gasteiger partial charge in [0.15, 0.2) is 0 Å². The van der Waals surface area contributed by atoms with Gasteiger partial charge in [-0.2, -0.15) is 0 Å². The van der Waals surface area contributed by atoms with E-state index in [-0.39, 0.29) is 28.4 Å². The van der Waals surface area contributed by atoms with Crippen molar-refractivity contribution in [3.05, 3.63) is 28.0 Å². The summed E-state index contributed by atoms with van der Waals surface area (Å²) in [4.78, 5) is 17.6. The van der Waals surface area contributed by atoms with Crippen molar-refractivity contribution in [2.24, 2.45) is 0 Å². The van der Waals surface area contributed by atoms with E-state index in [0.29, 0.717) is 19.5 Å². The zero-order valence-electron chi connectivity index (χ0n) is 9.49. The topological polar surface area (TPSA) is 53.4 Å². The van der Waals surface area contributed by atoms with Gasteiger partial charge in [-0.25, -0.2) is 4.98 Å². The summed E-state index contributed by atoms with van der Waals surface area (Å²) in [5.74, 6) is -0.270. The van der Waals surface area contributed by atoms with Gasteiger partial charge in [0, 0.05) is 19.7 Å². The average Bonchev–Trinajstić information content (AvgIpc) is 2.33. The minimum absolute atomic E-state index is 0.0421. The third kappa shape index (κ3) is 3.84. The van der Waals surface area contributed by atoms with Crippen LogP contribution < -0.4 is 0 Å². The highest BCUT2D eigenvalue weighted by Crippen LogP contribution is 2.18. The number of carbonyl (C=O) groups is 1. The molecule has 1 rings (SSSR count). The van der Waals surface area contributed by atoms with E-state index in [0.717, 1.165) is 0 Å². The zero-order chi connectivity index (χ0) is 12.8. The van der Waals surface area contributed by atoms with Crippen LogP contribution in [0.25, 0.3) is 0 Å². The lowest BCUT2D eigenvalue weighted by atomic mass is 10.3. The minimum atomic E-state index is -0.270. The van der Waals surface area contributed by atoms with Crippen molar-refractivity contribution >= 4 is 29.1 Å². The Labute approximate surface area is 110 Å². The van der Waals surface area contributed by atoms with Crippen LogP contribution in [0.2, 0.25) is 10.2 Å². The maximum Gasteiger partial charge on any atom is 0.274 e. The summed E-state index contributed by atoms with van der Waals surface area (Å²) in [5.41, 5.74) is 0.152. The third-order valence-corrected chi connectivity index (χ3v) is 2.79. The summed E-state index contributed by atoms with van der Waals surface area (Å²) in [7, 11) is 0. The molecule has 4 nitrogen and oxygen atoms in total. The van der Waals surface area contributed by atoms with E-state index in [1.165, 1.54) is 6.07 Å². The number of aliphatic hydroxyl groups is 1. The van der Waals surface area contributed by atoms with E-state index in [1.807, 2.05) is 6.92 Å². The van der Waals surface area contributed by atoms with Crippen LogP contribution >= 0.6 is 23.2 Å². The number of hydrogen-bond donors (Lipinski definition) is 1. The highest BCUT2D eigenvalue weighted by atomic mass is 35.5. The molecule has 0 aromatic carbocycles. The molecule has 0 bridgehead atoms. The van der Waals surface area contributed by atoms with Crippen LogP contribution in [0.4, 0.5) is 0 Å². The number of nitrogens with zero attached hydrogens (tertiary/aromatic N) is 2. The van der Waals surface area contributed by atoms with E-state index in [4.69, 9.17) is 28.3 Å². The Kier molecular flexibility index (Phi) is 5.68. The fraction of sp³-hybridized carbons (Fsp3) is 0.455. The van der Waals surface area contributed by atoms with Crippen molar-refractivity contribution in [1.29, 1.82) is 0 Å². The van der Waals surface area contributed by atoms with Crippen LogP contribution in [-0.4, -0.2) is 40.6 Å². The molecule has 0 spiro atoms. The first-order valence-electron chi connectivity index (χ1n) is 5.32. The van der Waals surface area contributed by atoms with E-state index >= 15 is 0 Å². The predicted octanol–water partition coefficient (Wildman–Crippen LogP) is 2.23. The van der Waals surface area contributed by atoms with Gasteiger partial charge in [-0.1, -0.05) is 23.2 Å². The highest BCUT2D eigenvalue weighted by Gasteiger charge is 2.18. The summed E-state index contributed by atoms with van der Waals surface area (Å²) in [5, 5.41) is 9.27. The molecule has 0 atom stereocenters. The smallest absolute Gasteiger partial charge is 0.274 e. The maximum atomic E-state index is 12.1. The van der Waals surface area contributed by atoms with Crippen molar-refractivity contribution in [2.45, 2.75) is 13.3 Å². The zero-order valence-corrected chi connectivity index (χ0v) is 11.0. The van der Waals surface area contributed by atoms with Gasteiger partial charge in [-0.15, -0.1) is 0 Å². The Hall–Kier alpha value is -0.840. The summed E-state index contributed by atoms with van der Waals surface area (Å²) in [6, 6.07) is 3.08. The number of halogens is 2. The van der Waals surface area contributed by atoms with Gasteiger partial charge in [-0.05, 0) is 25.5 Å². The molecule has 0 saturated carbocycles. The molecule has 94 valence electrons. The van der Waals surface area contributed by atoms with Gasteiger partial charge in [-0.3, -0.25) is 4.79 Å². The first-order valence-corrected chi connectivity index (χ1v) is 6.08. The van der Waals surface area contributed by atoms with E-state index in [9.17, 15) is 4.79 Å². The lowest BCUT2D eigenvalue weighted by Gasteiger charge is -2.20. The molecular weight excluding hydrogens is 263 g/mol. The van der Waals surface area contributed by atoms with Crippen molar-refractivity contribution < 1.29 is 9.90 Å². The SMILES string of the molecule is CCN(CCCO)C(=O)c1nc(Cl)ccc1Cl. The summed E-state index contributed by atoms with van der Waals surface area (Å²) in [6.45, 7) is 2.90. The van der Waals surface area contributed by atoms with Gasteiger partial charge in [0.2, 0.25) is 0 Å². The molecule has 0 fully saturated rings. The minimum Gasteiger partial charge on any atom is -0.396 e. The summed E-state index contributed by atoms with van der Waals surface area (Å²) >= 11 is 11.6. The highest BCUT2D eigenvalue weighted by molar-refractivity contribution is 6.34. The van der Waals surface area contributed by atoms with Gasteiger partial charge >= 0.3 is 0 Å². The molecule has 0 aliphatic heterocycles. The Bertz CT molecular complexity index is 399. The standard InChI is InChI=1S/C11H14Cl2N2O2/c1-2-15(6-3-7-16)11(17)10-8(12)4-5-9(13)14-10/h4-5,16H,2-3,6-7H2,1H3. The molecule has 0 aliphatic rings. The number of carbonyl (C=O) groups excluding carboxylic acids is 1. The Morgan fingerprint density at radius 3 is 2.76 bits per heavy atom. The third-order valence-electron chi connectivity index (χ3n) is 2.27. The molecule has 0 unspecified atom stereocenters. The monoisotopic (exact) mass is 276 g/mol. The maximum absolute atomic E-state index is 12.1. The fourth-order valence-corrected chi connectivity index (χ4v) is 1.72. The second-order valence-electron chi connectivity index (χ2n) is 3.43. The number of amides is 1. The van der Waals surface area contributed by atoms with Gasteiger partial charge in [0.05, 0.1) is 5.02 Å². The molecule has 6 heteroatoms. The van der Waals surface area contributed by atoms with Gasteiger partial charge in [0.1, 0.15) is 10.8 Å². The van der Waals surface area contributed by atoms with Crippen molar-refractivity contribution in [1.82, 2.24) is 9.88 Å². The first-order chi connectivity index (χ1) is 8.10. The molecular formula is C11H14Cl2N2O2. The lowest BCUT2D eigenvalue weighted by Crippen LogP contribution is -2.33. The number of aromatic nitrogens is 1. The average molecular weight is 277 g/mol.